The third kappa shape index (κ3) is 1.39. The molecule has 4 aliphatic rings. The molecule has 1 spiro atoms. The monoisotopic (exact) mass is 266 g/mol. The molecule has 0 bridgehead atoms. The van der Waals surface area contributed by atoms with Crippen LogP contribution in [0.2, 0.25) is 0 Å². The largest absolute Gasteiger partial charge is 0.393 e. The lowest BCUT2D eigenvalue weighted by Gasteiger charge is -2.42. The maximum absolute atomic E-state index is 10.5. The lowest BCUT2D eigenvalue weighted by Crippen LogP contribution is -2.45. The Balaban J connectivity index is 1.77. The summed E-state index contributed by atoms with van der Waals surface area (Å²) in [4.78, 5) is 0. The van der Waals surface area contributed by atoms with Crippen LogP contribution in [0.1, 0.15) is 46.5 Å². The molecule has 5 atom stereocenters. The Labute approximate surface area is 115 Å². The third-order valence-corrected chi connectivity index (χ3v) is 6.81. The number of hydrogen-bond donors (Lipinski definition) is 1. The molecule has 1 N–H and O–H groups in total. The average Bonchev–Trinajstić information content (AvgIpc) is 2.99. The topological polar surface area (TPSA) is 38.7 Å². The van der Waals surface area contributed by atoms with Crippen LogP contribution in [0.5, 0.6) is 0 Å². The maximum atomic E-state index is 10.5. The van der Waals surface area contributed by atoms with Crippen LogP contribution in [0, 0.1) is 28.6 Å². The number of ether oxygens (including phenoxy) is 2. The van der Waals surface area contributed by atoms with E-state index in [4.69, 9.17) is 9.47 Å². The highest BCUT2D eigenvalue weighted by atomic mass is 16.7. The van der Waals surface area contributed by atoms with Crippen molar-refractivity contribution in [1.29, 1.82) is 0 Å². The van der Waals surface area contributed by atoms with Crippen LogP contribution in [-0.2, 0) is 9.47 Å². The summed E-state index contributed by atoms with van der Waals surface area (Å²) in [5, 5.41) is 10.5. The first kappa shape index (κ1) is 12.6. The SMILES string of the molecule is CC1(C)C(O)C[C@@]2(C)C[C@@H]3CCC4(OCCO4)[C@@H]3[C@@H]12. The molecule has 0 aromatic carbocycles. The molecule has 1 saturated heterocycles. The molecule has 3 heteroatoms. The summed E-state index contributed by atoms with van der Waals surface area (Å²) < 4.78 is 12.2. The molecule has 19 heavy (non-hydrogen) atoms. The van der Waals surface area contributed by atoms with Crippen molar-refractivity contribution in [3.8, 4) is 0 Å². The summed E-state index contributed by atoms with van der Waals surface area (Å²) >= 11 is 0. The van der Waals surface area contributed by atoms with Crippen LogP contribution in [0.4, 0.5) is 0 Å². The van der Waals surface area contributed by atoms with Gasteiger partial charge in [0.15, 0.2) is 5.79 Å². The van der Waals surface area contributed by atoms with Crippen LogP contribution in [0.15, 0.2) is 0 Å². The second kappa shape index (κ2) is 3.55. The van der Waals surface area contributed by atoms with E-state index >= 15 is 0 Å². The fraction of sp³-hybridized carbons (Fsp3) is 1.00. The van der Waals surface area contributed by atoms with E-state index in [9.17, 15) is 5.11 Å². The van der Waals surface area contributed by atoms with E-state index in [1.807, 2.05) is 0 Å². The van der Waals surface area contributed by atoms with Gasteiger partial charge in [-0.3, -0.25) is 0 Å². The number of fused-ring (bicyclic) bond motifs is 4. The van der Waals surface area contributed by atoms with Gasteiger partial charge in [-0.15, -0.1) is 0 Å². The van der Waals surface area contributed by atoms with Gasteiger partial charge in [0.25, 0.3) is 0 Å². The highest BCUT2D eigenvalue weighted by molar-refractivity contribution is 5.16. The van der Waals surface area contributed by atoms with Crippen LogP contribution >= 0.6 is 0 Å². The van der Waals surface area contributed by atoms with Gasteiger partial charge in [-0.05, 0) is 41.9 Å². The van der Waals surface area contributed by atoms with Crippen molar-refractivity contribution in [3.63, 3.8) is 0 Å². The molecule has 1 aliphatic heterocycles. The van der Waals surface area contributed by atoms with Gasteiger partial charge in [0, 0.05) is 12.3 Å². The fourth-order valence-electron chi connectivity index (χ4n) is 6.30. The first-order chi connectivity index (χ1) is 8.89. The first-order valence-electron chi connectivity index (χ1n) is 7.85. The van der Waals surface area contributed by atoms with Gasteiger partial charge in [-0.25, -0.2) is 0 Å². The van der Waals surface area contributed by atoms with Crippen molar-refractivity contribution in [2.75, 3.05) is 13.2 Å². The second-order valence-corrected chi connectivity index (χ2v) is 8.21. The lowest BCUT2D eigenvalue weighted by atomic mass is 9.67. The minimum absolute atomic E-state index is 0.0131. The van der Waals surface area contributed by atoms with E-state index in [2.05, 4.69) is 20.8 Å². The van der Waals surface area contributed by atoms with Crippen molar-refractivity contribution < 1.29 is 14.6 Å². The Hall–Kier alpha value is -0.120. The molecule has 3 saturated carbocycles. The Morgan fingerprint density at radius 2 is 1.74 bits per heavy atom. The van der Waals surface area contributed by atoms with Crippen molar-refractivity contribution >= 4 is 0 Å². The van der Waals surface area contributed by atoms with E-state index in [1.165, 1.54) is 12.8 Å². The van der Waals surface area contributed by atoms with Gasteiger partial charge in [0.05, 0.1) is 19.3 Å². The normalized spacial score (nSPS) is 53.7. The Kier molecular flexibility index (Phi) is 2.36. The molecule has 0 amide bonds. The molecule has 0 aromatic heterocycles. The van der Waals surface area contributed by atoms with Gasteiger partial charge >= 0.3 is 0 Å². The molecular formula is C16H26O3. The summed E-state index contributed by atoms with van der Waals surface area (Å²) in [5.74, 6) is 1.45. The Morgan fingerprint density at radius 3 is 2.42 bits per heavy atom. The van der Waals surface area contributed by atoms with Gasteiger partial charge < -0.3 is 14.6 Å². The summed E-state index contributed by atoms with van der Waals surface area (Å²) in [6, 6.07) is 0. The first-order valence-corrected chi connectivity index (χ1v) is 7.85. The Bertz CT molecular complexity index is 399. The smallest absolute Gasteiger partial charge is 0.171 e. The van der Waals surface area contributed by atoms with Gasteiger partial charge in [0.1, 0.15) is 0 Å². The standard InChI is InChI=1S/C16H26O3/c1-14(2)11(17)9-15(3)8-10-4-5-16(12(10)13(14)15)18-6-7-19-16/h10-13,17H,4-9H2,1-3H3/t10-,11?,12-,13-,15+/m0/s1. The molecule has 3 aliphatic carbocycles. The minimum atomic E-state index is -0.311. The summed E-state index contributed by atoms with van der Waals surface area (Å²) in [7, 11) is 0. The molecule has 4 rings (SSSR count). The van der Waals surface area contributed by atoms with E-state index in [0.29, 0.717) is 11.8 Å². The minimum Gasteiger partial charge on any atom is -0.393 e. The summed E-state index contributed by atoms with van der Waals surface area (Å²) in [5.41, 5.74) is 0.266. The van der Waals surface area contributed by atoms with Crippen molar-refractivity contribution in [1.82, 2.24) is 0 Å². The van der Waals surface area contributed by atoms with Crippen LogP contribution in [0.25, 0.3) is 0 Å². The molecule has 108 valence electrons. The zero-order valence-electron chi connectivity index (χ0n) is 12.3. The third-order valence-electron chi connectivity index (χ3n) is 6.81. The lowest BCUT2D eigenvalue weighted by molar-refractivity contribution is -0.204. The van der Waals surface area contributed by atoms with Gasteiger partial charge in [0.2, 0.25) is 0 Å². The Morgan fingerprint density at radius 1 is 1.05 bits per heavy atom. The van der Waals surface area contributed by atoms with Crippen molar-refractivity contribution in [2.45, 2.75) is 58.3 Å². The highest BCUT2D eigenvalue weighted by Crippen LogP contribution is 2.71. The van der Waals surface area contributed by atoms with E-state index in [1.54, 1.807) is 0 Å². The van der Waals surface area contributed by atoms with Gasteiger partial charge in [-0.1, -0.05) is 20.8 Å². The maximum Gasteiger partial charge on any atom is 0.171 e. The van der Waals surface area contributed by atoms with Gasteiger partial charge in [-0.2, -0.15) is 0 Å². The van der Waals surface area contributed by atoms with Crippen LogP contribution in [0.3, 0.4) is 0 Å². The predicted molar refractivity (Wildman–Crippen MR) is 71.5 cm³/mol. The molecule has 1 unspecified atom stereocenters. The summed E-state index contributed by atoms with van der Waals surface area (Å²) in [6.07, 6.45) is 4.32. The van der Waals surface area contributed by atoms with E-state index in [0.717, 1.165) is 32.0 Å². The zero-order chi connectivity index (χ0) is 13.5. The average molecular weight is 266 g/mol. The molecule has 1 heterocycles. The fourth-order valence-corrected chi connectivity index (χ4v) is 6.30. The van der Waals surface area contributed by atoms with Crippen molar-refractivity contribution in [3.05, 3.63) is 0 Å². The molecule has 0 radical (unpaired) electrons. The number of rotatable bonds is 0. The second-order valence-electron chi connectivity index (χ2n) is 8.21. The van der Waals surface area contributed by atoms with E-state index in [-0.39, 0.29) is 22.7 Å². The number of aliphatic hydroxyl groups is 1. The number of hydrogen-bond acceptors (Lipinski definition) is 3. The quantitative estimate of drug-likeness (QED) is 0.732. The number of aliphatic hydroxyl groups excluding tert-OH is 1. The molecule has 0 aromatic rings. The van der Waals surface area contributed by atoms with Crippen LogP contribution < -0.4 is 0 Å². The summed E-state index contributed by atoms with van der Waals surface area (Å²) in [6.45, 7) is 8.37. The van der Waals surface area contributed by atoms with Crippen LogP contribution in [-0.4, -0.2) is 30.2 Å². The molecule has 4 fully saturated rings. The molecule has 3 nitrogen and oxygen atoms in total. The van der Waals surface area contributed by atoms with Crippen molar-refractivity contribution in [2.24, 2.45) is 28.6 Å². The highest BCUT2D eigenvalue weighted by Gasteiger charge is 2.70. The molecular weight excluding hydrogens is 240 g/mol. The van der Waals surface area contributed by atoms with E-state index < -0.39 is 0 Å². The zero-order valence-corrected chi connectivity index (χ0v) is 12.3. The predicted octanol–water partition coefficient (Wildman–Crippen LogP) is 2.57.